The van der Waals surface area contributed by atoms with Gasteiger partial charge in [0, 0.05) is 54.8 Å². The molecule has 1 aromatic heterocycles. The Morgan fingerprint density at radius 3 is 2.53 bits per heavy atom. The fourth-order valence-corrected chi connectivity index (χ4v) is 2.55. The lowest BCUT2D eigenvalue weighted by atomic mass is 10.1. The Kier molecular flexibility index (Phi) is 3.67. The molecule has 3 nitrogen and oxygen atoms in total. The second-order valence-corrected chi connectivity index (χ2v) is 5.07. The highest BCUT2D eigenvalue weighted by atomic mass is 35.5. The number of nitrogens with one attached hydrogen (secondary N) is 1. The monoisotopic (exact) mass is 273 g/mol. The van der Waals surface area contributed by atoms with Crippen LogP contribution in [0.1, 0.15) is 0 Å². The number of aromatic nitrogens is 1. The van der Waals surface area contributed by atoms with Crippen LogP contribution in [0.4, 0.5) is 5.69 Å². The maximum Gasteiger partial charge on any atom is 0.0477 e. The number of rotatable bonds is 2. The summed E-state index contributed by atoms with van der Waals surface area (Å²) in [6, 6.07) is 10.0. The summed E-state index contributed by atoms with van der Waals surface area (Å²) in [5.74, 6) is 0. The molecule has 4 heteroatoms. The van der Waals surface area contributed by atoms with Crippen molar-refractivity contribution in [2.24, 2.45) is 0 Å². The quantitative estimate of drug-likeness (QED) is 0.912. The van der Waals surface area contributed by atoms with Gasteiger partial charge in [-0.05, 0) is 23.8 Å². The van der Waals surface area contributed by atoms with Crippen molar-refractivity contribution in [3.8, 4) is 11.1 Å². The first-order chi connectivity index (χ1) is 9.34. The van der Waals surface area contributed by atoms with Crippen molar-refractivity contribution in [3.63, 3.8) is 0 Å². The smallest absolute Gasteiger partial charge is 0.0477 e. The first-order valence-electron chi connectivity index (χ1n) is 6.50. The van der Waals surface area contributed by atoms with Gasteiger partial charge in [-0.1, -0.05) is 23.7 Å². The number of halogens is 1. The molecule has 0 atom stereocenters. The van der Waals surface area contributed by atoms with Crippen molar-refractivity contribution in [1.82, 2.24) is 10.3 Å². The molecule has 0 amide bonds. The molecular weight excluding hydrogens is 258 g/mol. The predicted molar refractivity (Wildman–Crippen MR) is 79.8 cm³/mol. The lowest BCUT2D eigenvalue weighted by molar-refractivity contribution is 0.589. The highest BCUT2D eigenvalue weighted by Crippen LogP contribution is 2.30. The Morgan fingerprint density at radius 1 is 1.05 bits per heavy atom. The normalized spacial score (nSPS) is 15.5. The summed E-state index contributed by atoms with van der Waals surface area (Å²) in [5, 5.41) is 4.14. The Labute approximate surface area is 118 Å². The minimum Gasteiger partial charge on any atom is -0.368 e. The molecular formula is C15H16ClN3. The number of hydrogen-bond donors (Lipinski definition) is 1. The summed E-state index contributed by atoms with van der Waals surface area (Å²) in [4.78, 5) is 6.67. The van der Waals surface area contributed by atoms with Crippen molar-refractivity contribution in [1.29, 1.82) is 0 Å². The molecule has 19 heavy (non-hydrogen) atoms. The van der Waals surface area contributed by atoms with Crippen LogP contribution in [0.15, 0.2) is 42.7 Å². The zero-order valence-electron chi connectivity index (χ0n) is 10.6. The largest absolute Gasteiger partial charge is 0.368 e. The van der Waals surface area contributed by atoms with Crippen LogP contribution in [-0.4, -0.2) is 31.2 Å². The van der Waals surface area contributed by atoms with E-state index in [9.17, 15) is 0 Å². The second-order valence-electron chi connectivity index (χ2n) is 4.64. The highest BCUT2D eigenvalue weighted by molar-refractivity contribution is 6.30. The minimum atomic E-state index is 0.761. The fourth-order valence-electron chi connectivity index (χ4n) is 2.42. The van der Waals surface area contributed by atoms with Gasteiger partial charge in [-0.3, -0.25) is 4.98 Å². The number of nitrogens with zero attached hydrogens (tertiary/aromatic N) is 2. The lowest BCUT2D eigenvalue weighted by Gasteiger charge is -2.31. The summed E-state index contributed by atoms with van der Waals surface area (Å²) in [6.45, 7) is 4.12. The number of benzene rings is 1. The lowest BCUT2D eigenvalue weighted by Crippen LogP contribution is -2.43. The van der Waals surface area contributed by atoms with Crippen molar-refractivity contribution in [3.05, 3.63) is 47.7 Å². The molecule has 2 heterocycles. The summed E-state index contributed by atoms with van der Waals surface area (Å²) in [5.41, 5.74) is 3.57. The average Bonchev–Trinajstić information content (AvgIpc) is 2.49. The van der Waals surface area contributed by atoms with Gasteiger partial charge < -0.3 is 10.2 Å². The Hall–Kier alpha value is -1.58. The molecule has 0 unspecified atom stereocenters. The topological polar surface area (TPSA) is 28.2 Å². The third kappa shape index (κ3) is 2.72. The Balaban J connectivity index is 1.98. The van der Waals surface area contributed by atoms with E-state index in [0.717, 1.165) is 36.8 Å². The molecule has 0 saturated carbocycles. The van der Waals surface area contributed by atoms with Crippen LogP contribution in [-0.2, 0) is 0 Å². The first-order valence-corrected chi connectivity index (χ1v) is 6.88. The third-order valence-electron chi connectivity index (χ3n) is 3.41. The maximum absolute atomic E-state index is 5.95. The molecule has 0 aliphatic carbocycles. The maximum atomic E-state index is 5.95. The zero-order valence-corrected chi connectivity index (χ0v) is 11.4. The van der Waals surface area contributed by atoms with Gasteiger partial charge in [0.15, 0.2) is 0 Å². The molecule has 0 spiro atoms. The van der Waals surface area contributed by atoms with Crippen molar-refractivity contribution >= 4 is 17.3 Å². The molecule has 3 rings (SSSR count). The predicted octanol–water partition coefficient (Wildman–Crippen LogP) is 2.81. The van der Waals surface area contributed by atoms with E-state index in [1.807, 2.05) is 36.7 Å². The van der Waals surface area contributed by atoms with E-state index in [4.69, 9.17) is 11.6 Å². The number of hydrogen-bond acceptors (Lipinski definition) is 3. The van der Waals surface area contributed by atoms with Crippen LogP contribution in [0.3, 0.4) is 0 Å². The molecule has 1 fully saturated rings. The van der Waals surface area contributed by atoms with Gasteiger partial charge in [-0.15, -0.1) is 0 Å². The first kappa shape index (κ1) is 12.5. The Morgan fingerprint density at radius 2 is 1.79 bits per heavy atom. The molecule has 0 bridgehead atoms. The molecule has 2 aromatic rings. The number of pyridine rings is 1. The van der Waals surface area contributed by atoms with Crippen LogP contribution in [0.25, 0.3) is 11.1 Å². The van der Waals surface area contributed by atoms with Gasteiger partial charge in [0.1, 0.15) is 0 Å². The van der Waals surface area contributed by atoms with E-state index in [2.05, 4.69) is 21.3 Å². The van der Waals surface area contributed by atoms with Gasteiger partial charge in [-0.25, -0.2) is 0 Å². The molecule has 1 aromatic carbocycles. The molecule has 0 radical (unpaired) electrons. The van der Waals surface area contributed by atoms with Gasteiger partial charge >= 0.3 is 0 Å². The van der Waals surface area contributed by atoms with Crippen LogP contribution in [0.5, 0.6) is 0 Å². The van der Waals surface area contributed by atoms with Crippen LogP contribution in [0.2, 0.25) is 5.02 Å². The summed E-state index contributed by atoms with van der Waals surface area (Å²) >= 11 is 5.95. The van der Waals surface area contributed by atoms with E-state index >= 15 is 0 Å². The summed E-state index contributed by atoms with van der Waals surface area (Å²) in [7, 11) is 0. The van der Waals surface area contributed by atoms with Crippen molar-refractivity contribution in [2.45, 2.75) is 0 Å². The van der Waals surface area contributed by atoms with E-state index in [1.54, 1.807) is 0 Å². The molecule has 1 saturated heterocycles. The van der Waals surface area contributed by atoms with Crippen LogP contribution < -0.4 is 10.2 Å². The summed E-state index contributed by atoms with van der Waals surface area (Å²) in [6.07, 6.45) is 3.79. The molecule has 1 aliphatic heterocycles. The molecule has 1 N–H and O–H groups in total. The standard InChI is InChI=1S/C15H16ClN3/c16-13-3-1-12(2-4-13)14-11-18-6-5-15(14)19-9-7-17-8-10-19/h1-6,11,17H,7-10H2. The second kappa shape index (κ2) is 5.59. The highest BCUT2D eigenvalue weighted by Gasteiger charge is 2.14. The van der Waals surface area contributed by atoms with E-state index in [0.29, 0.717) is 0 Å². The molecule has 98 valence electrons. The fraction of sp³-hybridized carbons (Fsp3) is 0.267. The Bertz CT molecular complexity index is 548. The van der Waals surface area contributed by atoms with Crippen molar-refractivity contribution in [2.75, 3.05) is 31.1 Å². The molecule has 1 aliphatic rings. The van der Waals surface area contributed by atoms with Gasteiger partial charge in [0.05, 0.1) is 0 Å². The zero-order chi connectivity index (χ0) is 13.1. The van der Waals surface area contributed by atoms with Crippen LogP contribution in [0, 0.1) is 0 Å². The van der Waals surface area contributed by atoms with E-state index in [-0.39, 0.29) is 0 Å². The summed E-state index contributed by atoms with van der Waals surface area (Å²) < 4.78 is 0. The van der Waals surface area contributed by atoms with E-state index < -0.39 is 0 Å². The van der Waals surface area contributed by atoms with Gasteiger partial charge in [0.25, 0.3) is 0 Å². The minimum absolute atomic E-state index is 0.761. The SMILES string of the molecule is Clc1ccc(-c2cnccc2N2CCNCC2)cc1. The van der Waals surface area contributed by atoms with Crippen LogP contribution >= 0.6 is 11.6 Å². The number of piperazine rings is 1. The van der Waals surface area contributed by atoms with Gasteiger partial charge in [0.2, 0.25) is 0 Å². The average molecular weight is 274 g/mol. The van der Waals surface area contributed by atoms with Crippen molar-refractivity contribution < 1.29 is 0 Å². The number of anilines is 1. The third-order valence-corrected chi connectivity index (χ3v) is 3.66. The van der Waals surface area contributed by atoms with E-state index in [1.165, 1.54) is 11.3 Å². The van der Waals surface area contributed by atoms with Gasteiger partial charge in [-0.2, -0.15) is 0 Å².